The van der Waals surface area contributed by atoms with E-state index in [-0.39, 0.29) is 10.8 Å². The van der Waals surface area contributed by atoms with Crippen LogP contribution in [0.2, 0.25) is 5.02 Å². The highest BCUT2D eigenvalue weighted by atomic mass is 35.5. The van der Waals surface area contributed by atoms with Gasteiger partial charge in [-0.3, -0.25) is 0 Å². The third-order valence-electron chi connectivity index (χ3n) is 3.71. The SMILES string of the molecule is CCNCC(CCc1cccc(Cl)c1F)c1ccccc1. The fraction of sp³-hybridized carbons (Fsp3) is 0.333. The lowest BCUT2D eigenvalue weighted by atomic mass is 9.92. The molecule has 0 radical (unpaired) electrons. The number of hydrogen-bond donors (Lipinski definition) is 1. The zero-order valence-electron chi connectivity index (χ0n) is 12.3. The quantitative estimate of drug-likeness (QED) is 0.774. The molecule has 0 amide bonds. The molecule has 2 aromatic carbocycles. The van der Waals surface area contributed by atoms with Crippen LogP contribution in [0.25, 0.3) is 0 Å². The van der Waals surface area contributed by atoms with Crippen LogP contribution in [-0.2, 0) is 6.42 Å². The van der Waals surface area contributed by atoms with E-state index in [1.807, 2.05) is 30.3 Å². The molecule has 0 spiro atoms. The molecule has 0 saturated carbocycles. The van der Waals surface area contributed by atoms with E-state index in [9.17, 15) is 4.39 Å². The van der Waals surface area contributed by atoms with Gasteiger partial charge in [0, 0.05) is 6.54 Å². The number of hydrogen-bond acceptors (Lipinski definition) is 1. The summed E-state index contributed by atoms with van der Waals surface area (Å²) in [7, 11) is 0. The fourth-order valence-electron chi connectivity index (χ4n) is 2.50. The molecule has 3 heteroatoms. The lowest BCUT2D eigenvalue weighted by molar-refractivity contribution is 0.547. The number of nitrogens with one attached hydrogen (secondary N) is 1. The number of aryl methyl sites for hydroxylation is 1. The topological polar surface area (TPSA) is 12.0 Å². The molecule has 1 nitrogen and oxygen atoms in total. The number of likely N-dealkylation sites (N-methyl/N-ethyl adjacent to an activating group) is 1. The lowest BCUT2D eigenvalue weighted by Crippen LogP contribution is -2.21. The second-order valence-corrected chi connectivity index (χ2v) is 5.57. The molecule has 2 aromatic rings. The molecule has 112 valence electrons. The van der Waals surface area contributed by atoms with E-state index in [2.05, 4.69) is 24.4 Å². The Morgan fingerprint density at radius 1 is 1.10 bits per heavy atom. The summed E-state index contributed by atoms with van der Waals surface area (Å²) in [6, 6.07) is 15.6. The number of benzene rings is 2. The highest BCUT2D eigenvalue weighted by Crippen LogP contribution is 2.24. The predicted octanol–water partition coefficient (Wildman–Crippen LogP) is 4.81. The second kappa shape index (κ2) is 8.16. The normalized spacial score (nSPS) is 12.3. The van der Waals surface area contributed by atoms with Gasteiger partial charge in [0.25, 0.3) is 0 Å². The van der Waals surface area contributed by atoms with Crippen molar-refractivity contribution in [2.75, 3.05) is 13.1 Å². The minimum Gasteiger partial charge on any atom is -0.316 e. The maximum Gasteiger partial charge on any atom is 0.144 e. The molecule has 0 aliphatic carbocycles. The molecule has 0 saturated heterocycles. The maximum absolute atomic E-state index is 14.0. The third kappa shape index (κ3) is 4.55. The summed E-state index contributed by atoms with van der Waals surface area (Å²) >= 11 is 5.84. The van der Waals surface area contributed by atoms with Crippen molar-refractivity contribution in [2.24, 2.45) is 0 Å². The summed E-state index contributed by atoms with van der Waals surface area (Å²) in [6.07, 6.45) is 1.59. The second-order valence-electron chi connectivity index (χ2n) is 5.17. The minimum atomic E-state index is -0.283. The van der Waals surface area contributed by atoms with Gasteiger partial charge in [0.15, 0.2) is 0 Å². The van der Waals surface area contributed by atoms with Gasteiger partial charge in [-0.25, -0.2) is 4.39 Å². The van der Waals surface area contributed by atoms with Gasteiger partial charge in [0.2, 0.25) is 0 Å². The zero-order valence-corrected chi connectivity index (χ0v) is 13.0. The van der Waals surface area contributed by atoms with E-state index in [0.29, 0.717) is 17.9 Å². The van der Waals surface area contributed by atoms with Crippen LogP contribution in [0.4, 0.5) is 4.39 Å². The first-order valence-corrected chi connectivity index (χ1v) is 7.78. The van der Waals surface area contributed by atoms with Gasteiger partial charge in [0.05, 0.1) is 5.02 Å². The fourth-order valence-corrected chi connectivity index (χ4v) is 2.70. The summed E-state index contributed by atoms with van der Waals surface area (Å²) in [4.78, 5) is 0. The Balaban J connectivity index is 2.07. The lowest BCUT2D eigenvalue weighted by Gasteiger charge is -2.18. The highest BCUT2D eigenvalue weighted by molar-refractivity contribution is 6.30. The molecule has 0 aliphatic heterocycles. The van der Waals surface area contributed by atoms with Crippen LogP contribution < -0.4 is 5.32 Å². The predicted molar refractivity (Wildman–Crippen MR) is 87.5 cm³/mol. The molecular formula is C18H21ClFN. The van der Waals surface area contributed by atoms with Gasteiger partial charge in [-0.2, -0.15) is 0 Å². The molecule has 1 N–H and O–H groups in total. The number of halogens is 2. The Morgan fingerprint density at radius 3 is 2.57 bits per heavy atom. The van der Waals surface area contributed by atoms with Crippen molar-refractivity contribution < 1.29 is 4.39 Å². The summed E-state index contributed by atoms with van der Waals surface area (Å²) < 4.78 is 14.0. The first-order valence-electron chi connectivity index (χ1n) is 7.41. The summed E-state index contributed by atoms with van der Waals surface area (Å²) in [6.45, 7) is 3.94. The van der Waals surface area contributed by atoms with E-state index >= 15 is 0 Å². The van der Waals surface area contributed by atoms with Crippen molar-refractivity contribution in [3.05, 3.63) is 70.5 Å². The van der Waals surface area contributed by atoms with Crippen molar-refractivity contribution in [3.8, 4) is 0 Å². The molecule has 1 atom stereocenters. The Labute approximate surface area is 131 Å². The first-order chi connectivity index (χ1) is 10.2. The summed E-state index contributed by atoms with van der Waals surface area (Å²) in [5.41, 5.74) is 1.99. The van der Waals surface area contributed by atoms with Crippen molar-refractivity contribution in [2.45, 2.75) is 25.7 Å². The van der Waals surface area contributed by atoms with Crippen LogP contribution in [-0.4, -0.2) is 13.1 Å². The molecule has 0 heterocycles. The van der Waals surface area contributed by atoms with Crippen molar-refractivity contribution in [3.63, 3.8) is 0 Å². The maximum atomic E-state index is 14.0. The monoisotopic (exact) mass is 305 g/mol. The Morgan fingerprint density at radius 2 is 1.86 bits per heavy atom. The Kier molecular flexibility index (Phi) is 6.21. The van der Waals surface area contributed by atoms with Crippen molar-refractivity contribution in [1.82, 2.24) is 5.32 Å². The van der Waals surface area contributed by atoms with Gasteiger partial charge in [-0.1, -0.05) is 61.0 Å². The molecular weight excluding hydrogens is 285 g/mol. The van der Waals surface area contributed by atoms with Gasteiger partial charge in [-0.05, 0) is 42.5 Å². The smallest absolute Gasteiger partial charge is 0.144 e. The van der Waals surface area contributed by atoms with Crippen LogP contribution in [0.1, 0.15) is 30.4 Å². The standard InChI is InChI=1S/C18H21ClFN/c1-2-21-13-16(14-7-4-3-5-8-14)12-11-15-9-6-10-17(19)18(15)20/h3-10,16,21H,2,11-13H2,1H3. The van der Waals surface area contributed by atoms with Crippen LogP contribution in [0.5, 0.6) is 0 Å². The first kappa shape index (κ1) is 16.0. The van der Waals surface area contributed by atoms with Gasteiger partial charge in [0.1, 0.15) is 5.82 Å². The average molecular weight is 306 g/mol. The third-order valence-corrected chi connectivity index (χ3v) is 4.00. The molecule has 0 aliphatic rings. The van der Waals surface area contributed by atoms with Crippen LogP contribution in [0, 0.1) is 5.82 Å². The molecule has 2 rings (SSSR count). The largest absolute Gasteiger partial charge is 0.316 e. The summed E-state index contributed by atoms with van der Waals surface area (Å²) in [5, 5.41) is 3.59. The van der Waals surface area contributed by atoms with E-state index < -0.39 is 0 Å². The van der Waals surface area contributed by atoms with Gasteiger partial charge >= 0.3 is 0 Å². The van der Waals surface area contributed by atoms with Crippen molar-refractivity contribution in [1.29, 1.82) is 0 Å². The Hall–Kier alpha value is -1.38. The molecule has 0 bridgehead atoms. The molecule has 0 aromatic heterocycles. The summed E-state index contributed by atoms with van der Waals surface area (Å²) in [5.74, 6) is 0.0963. The molecule has 0 fully saturated rings. The van der Waals surface area contributed by atoms with Crippen LogP contribution in [0.15, 0.2) is 48.5 Å². The highest BCUT2D eigenvalue weighted by Gasteiger charge is 2.13. The Bertz CT molecular complexity index is 556. The van der Waals surface area contributed by atoms with Crippen molar-refractivity contribution >= 4 is 11.6 Å². The van der Waals surface area contributed by atoms with E-state index in [0.717, 1.165) is 19.5 Å². The van der Waals surface area contributed by atoms with E-state index in [4.69, 9.17) is 11.6 Å². The van der Waals surface area contributed by atoms with Crippen LogP contribution in [0.3, 0.4) is 0 Å². The number of rotatable bonds is 7. The molecule has 21 heavy (non-hydrogen) atoms. The van der Waals surface area contributed by atoms with Crippen LogP contribution >= 0.6 is 11.6 Å². The minimum absolute atomic E-state index is 0.204. The van der Waals surface area contributed by atoms with E-state index in [1.165, 1.54) is 5.56 Å². The molecule has 1 unspecified atom stereocenters. The van der Waals surface area contributed by atoms with E-state index in [1.54, 1.807) is 6.07 Å². The zero-order chi connectivity index (χ0) is 15.1. The van der Waals surface area contributed by atoms with Gasteiger partial charge < -0.3 is 5.32 Å². The van der Waals surface area contributed by atoms with Gasteiger partial charge in [-0.15, -0.1) is 0 Å². The average Bonchev–Trinajstić information content (AvgIpc) is 2.52.